The SMILES string of the molecule is CCn1nc(C)c(NC(=O)c2cnn3cccnc23)c1C. The molecule has 0 atom stereocenters. The number of carbonyl (C=O) groups excluding carboxylic acids is 1. The van der Waals surface area contributed by atoms with E-state index in [0.717, 1.165) is 23.6 Å². The van der Waals surface area contributed by atoms with Crippen molar-refractivity contribution in [2.45, 2.75) is 27.3 Å². The van der Waals surface area contributed by atoms with Crippen LogP contribution in [0.5, 0.6) is 0 Å². The minimum absolute atomic E-state index is 0.231. The molecule has 1 N–H and O–H groups in total. The van der Waals surface area contributed by atoms with Crippen LogP contribution in [0.4, 0.5) is 5.69 Å². The molecule has 0 aliphatic heterocycles. The number of aryl methyl sites for hydroxylation is 2. The van der Waals surface area contributed by atoms with Crippen LogP contribution in [0.2, 0.25) is 0 Å². The van der Waals surface area contributed by atoms with Crippen LogP contribution in [0.15, 0.2) is 24.7 Å². The average molecular weight is 284 g/mol. The lowest BCUT2D eigenvalue weighted by Crippen LogP contribution is -2.13. The summed E-state index contributed by atoms with van der Waals surface area (Å²) in [5.41, 5.74) is 3.46. The Balaban J connectivity index is 1.95. The summed E-state index contributed by atoms with van der Waals surface area (Å²) in [6.07, 6.45) is 4.91. The molecule has 7 heteroatoms. The third-order valence-corrected chi connectivity index (χ3v) is 3.44. The fraction of sp³-hybridized carbons (Fsp3) is 0.286. The summed E-state index contributed by atoms with van der Waals surface area (Å²) in [4.78, 5) is 16.6. The Kier molecular flexibility index (Phi) is 3.17. The molecule has 3 aromatic heterocycles. The zero-order chi connectivity index (χ0) is 15.0. The maximum atomic E-state index is 12.4. The molecule has 1 amide bonds. The Morgan fingerprint density at radius 3 is 2.90 bits per heavy atom. The van der Waals surface area contributed by atoms with Gasteiger partial charge in [-0.2, -0.15) is 10.2 Å². The average Bonchev–Trinajstić information content (AvgIpc) is 3.03. The van der Waals surface area contributed by atoms with Crippen LogP contribution in [0, 0.1) is 13.8 Å². The molecule has 0 aliphatic carbocycles. The lowest BCUT2D eigenvalue weighted by atomic mass is 10.2. The van der Waals surface area contributed by atoms with Gasteiger partial charge in [-0.3, -0.25) is 9.48 Å². The van der Waals surface area contributed by atoms with Gasteiger partial charge in [0.1, 0.15) is 5.56 Å². The van der Waals surface area contributed by atoms with E-state index in [0.29, 0.717) is 11.2 Å². The molecule has 0 fully saturated rings. The molecule has 0 unspecified atom stereocenters. The highest BCUT2D eigenvalue weighted by atomic mass is 16.1. The van der Waals surface area contributed by atoms with E-state index in [1.165, 1.54) is 6.20 Å². The first-order valence-corrected chi connectivity index (χ1v) is 6.75. The molecule has 0 spiro atoms. The van der Waals surface area contributed by atoms with Crippen molar-refractivity contribution in [2.24, 2.45) is 0 Å². The second-order valence-electron chi connectivity index (χ2n) is 4.76. The molecule has 0 aromatic carbocycles. The molecule has 3 aromatic rings. The maximum absolute atomic E-state index is 12.4. The van der Waals surface area contributed by atoms with Crippen molar-refractivity contribution < 1.29 is 4.79 Å². The number of hydrogen-bond acceptors (Lipinski definition) is 4. The van der Waals surface area contributed by atoms with E-state index in [9.17, 15) is 4.79 Å². The van der Waals surface area contributed by atoms with Crippen LogP contribution in [0.1, 0.15) is 28.7 Å². The van der Waals surface area contributed by atoms with Crippen LogP contribution in [0.25, 0.3) is 5.65 Å². The second-order valence-corrected chi connectivity index (χ2v) is 4.76. The van der Waals surface area contributed by atoms with Crippen molar-refractivity contribution in [1.29, 1.82) is 0 Å². The zero-order valence-corrected chi connectivity index (χ0v) is 12.2. The van der Waals surface area contributed by atoms with Gasteiger partial charge in [0.25, 0.3) is 5.91 Å². The van der Waals surface area contributed by atoms with Crippen LogP contribution < -0.4 is 5.32 Å². The van der Waals surface area contributed by atoms with E-state index >= 15 is 0 Å². The molecule has 0 radical (unpaired) electrons. The van der Waals surface area contributed by atoms with Gasteiger partial charge in [-0.05, 0) is 26.8 Å². The number of fused-ring (bicyclic) bond motifs is 1. The standard InChI is InChI=1S/C14H16N6O/c1-4-19-10(3)12(9(2)18-19)17-14(21)11-8-16-20-7-5-6-15-13(11)20/h5-8H,4H2,1-3H3,(H,17,21). The second kappa shape index (κ2) is 5.01. The first-order chi connectivity index (χ1) is 10.1. The van der Waals surface area contributed by atoms with E-state index in [2.05, 4.69) is 20.5 Å². The van der Waals surface area contributed by atoms with E-state index in [4.69, 9.17) is 0 Å². The molecule has 0 bridgehead atoms. The summed E-state index contributed by atoms with van der Waals surface area (Å²) in [5, 5.41) is 11.4. The number of anilines is 1. The van der Waals surface area contributed by atoms with E-state index in [-0.39, 0.29) is 5.91 Å². The first kappa shape index (κ1) is 13.3. The summed E-state index contributed by atoms with van der Waals surface area (Å²) >= 11 is 0. The van der Waals surface area contributed by atoms with Gasteiger partial charge in [-0.15, -0.1) is 0 Å². The van der Waals surface area contributed by atoms with Gasteiger partial charge in [0, 0.05) is 18.9 Å². The Bertz CT molecular complexity index is 816. The molecule has 0 saturated carbocycles. The molecule has 21 heavy (non-hydrogen) atoms. The molecular formula is C14H16N6O. The summed E-state index contributed by atoms with van der Waals surface area (Å²) in [6, 6.07) is 1.77. The summed E-state index contributed by atoms with van der Waals surface area (Å²) < 4.78 is 3.43. The Morgan fingerprint density at radius 2 is 2.19 bits per heavy atom. The zero-order valence-electron chi connectivity index (χ0n) is 12.2. The number of rotatable bonds is 3. The van der Waals surface area contributed by atoms with Crippen molar-refractivity contribution >= 4 is 17.2 Å². The molecule has 7 nitrogen and oxygen atoms in total. The summed E-state index contributed by atoms with van der Waals surface area (Å²) in [7, 11) is 0. The topological polar surface area (TPSA) is 77.1 Å². The minimum atomic E-state index is -0.231. The van der Waals surface area contributed by atoms with Gasteiger partial charge in [-0.1, -0.05) is 0 Å². The predicted octanol–water partition coefficient (Wildman–Crippen LogP) is 1.81. The van der Waals surface area contributed by atoms with Crippen LogP contribution in [-0.2, 0) is 6.54 Å². The first-order valence-electron chi connectivity index (χ1n) is 6.75. The number of nitrogens with one attached hydrogen (secondary N) is 1. The molecule has 3 heterocycles. The van der Waals surface area contributed by atoms with Gasteiger partial charge in [-0.25, -0.2) is 9.50 Å². The molecule has 0 saturated heterocycles. The van der Waals surface area contributed by atoms with Crippen LogP contribution in [-0.4, -0.2) is 30.3 Å². The van der Waals surface area contributed by atoms with Gasteiger partial charge < -0.3 is 5.32 Å². The number of nitrogens with zero attached hydrogens (tertiary/aromatic N) is 5. The predicted molar refractivity (Wildman–Crippen MR) is 78.3 cm³/mol. The van der Waals surface area contributed by atoms with E-state index in [1.54, 1.807) is 23.0 Å². The van der Waals surface area contributed by atoms with Gasteiger partial charge >= 0.3 is 0 Å². The van der Waals surface area contributed by atoms with Crippen molar-refractivity contribution in [3.8, 4) is 0 Å². The Hall–Kier alpha value is -2.70. The summed E-state index contributed by atoms with van der Waals surface area (Å²) in [6.45, 7) is 6.59. The lowest BCUT2D eigenvalue weighted by Gasteiger charge is -2.05. The van der Waals surface area contributed by atoms with Crippen molar-refractivity contribution in [3.05, 3.63) is 41.6 Å². The van der Waals surface area contributed by atoms with Crippen molar-refractivity contribution in [1.82, 2.24) is 24.4 Å². The van der Waals surface area contributed by atoms with Gasteiger partial charge in [0.2, 0.25) is 0 Å². The maximum Gasteiger partial charge on any atom is 0.261 e. The summed E-state index contributed by atoms with van der Waals surface area (Å²) in [5.74, 6) is -0.231. The highest BCUT2D eigenvalue weighted by molar-refractivity contribution is 6.08. The fourth-order valence-electron chi connectivity index (χ4n) is 2.35. The number of amides is 1. The van der Waals surface area contributed by atoms with Crippen molar-refractivity contribution in [3.63, 3.8) is 0 Å². The van der Waals surface area contributed by atoms with Gasteiger partial charge in [0.15, 0.2) is 5.65 Å². The van der Waals surface area contributed by atoms with E-state index in [1.807, 2.05) is 25.5 Å². The lowest BCUT2D eigenvalue weighted by molar-refractivity contribution is 0.102. The highest BCUT2D eigenvalue weighted by Crippen LogP contribution is 2.20. The van der Waals surface area contributed by atoms with E-state index < -0.39 is 0 Å². The quantitative estimate of drug-likeness (QED) is 0.795. The molecular weight excluding hydrogens is 268 g/mol. The van der Waals surface area contributed by atoms with Crippen LogP contribution >= 0.6 is 0 Å². The largest absolute Gasteiger partial charge is 0.319 e. The van der Waals surface area contributed by atoms with Gasteiger partial charge in [0.05, 0.1) is 23.3 Å². The Morgan fingerprint density at radius 1 is 1.38 bits per heavy atom. The number of carbonyl (C=O) groups is 1. The third kappa shape index (κ3) is 2.16. The van der Waals surface area contributed by atoms with Crippen molar-refractivity contribution in [2.75, 3.05) is 5.32 Å². The monoisotopic (exact) mass is 284 g/mol. The fourth-order valence-corrected chi connectivity index (χ4v) is 2.35. The number of aromatic nitrogens is 5. The molecule has 3 rings (SSSR count). The highest BCUT2D eigenvalue weighted by Gasteiger charge is 2.18. The third-order valence-electron chi connectivity index (χ3n) is 3.44. The Labute approximate surface area is 121 Å². The molecule has 0 aliphatic rings. The molecule has 108 valence electrons. The smallest absolute Gasteiger partial charge is 0.261 e. The van der Waals surface area contributed by atoms with Crippen LogP contribution in [0.3, 0.4) is 0 Å². The normalized spacial score (nSPS) is 11.0. The minimum Gasteiger partial charge on any atom is -0.319 e. The number of hydrogen-bond donors (Lipinski definition) is 1.